The largest absolute Gasteiger partial charge is 0.465 e. The van der Waals surface area contributed by atoms with Crippen molar-refractivity contribution in [3.8, 4) is 0 Å². The quantitative estimate of drug-likeness (QED) is 0.371. The van der Waals surface area contributed by atoms with E-state index >= 15 is 0 Å². The number of methoxy groups -OCH3 is 3. The SMILES string of the molecule is COC(=O)C1=C(C(=O)OC)[C@]2(/C=C/c3cc4ccccc4c4ccccc34)CC(C)(C)[C@@H](OC)N2O1. The van der Waals surface area contributed by atoms with E-state index in [0.29, 0.717) is 6.42 Å². The Bertz CT molecular complexity index is 1440. The minimum absolute atomic E-state index is 0.103. The van der Waals surface area contributed by atoms with Gasteiger partial charge in [-0.1, -0.05) is 79.6 Å². The molecule has 3 aromatic rings. The predicted molar refractivity (Wildman–Crippen MR) is 136 cm³/mol. The Balaban J connectivity index is 1.75. The fraction of sp³-hybridized carbons (Fsp3) is 0.310. The van der Waals surface area contributed by atoms with E-state index in [2.05, 4.69) is 30.3 Å². The van der Waals surface area contributed by atoms with Crippen LogP contribution in [0.4, 0.5) is 0 Å². The number of esters is 2. The molecule has 0 bridgehead atoms. The van der Waals surface area contributed by atoms with Crippen LogP contribution in [-0.4, -0.2) is 50.1 Å². The lowest BCUT2D eigenvalue weighted by atomic mass is 9.78. The van der Waals surface area contributed by atoms with Crippen molar-refractivity contribution in [2.75, 3.05) is 21.3 Å². The van der Waals surface area contributed by atoms with Crippen LogP contribution in [0.5, 0.6) is 0 Å². The van der Waals surface area contributed by atoms with Gasteiger partial charge in [-0.25, -0.2) is 9.59 Å². The number of rotatable bonds is 5. The standard InChI is InChI=1S/C29H29NO6/c1-28(2)17-29(23(25(31)33-3)24(26(32)34-4)36-30(29)27(28)35-5)15-14-19-16-18-10-6-7-11-20(18)22-13-9-8-12-21(19)22/h6-16,27H,17H2,1-5H3/b15-14+/t27-,29+/m1/s1. The van der Waals surface area contributed by atoms with Gasteiger partial charge in [0.15, 0.2) is 0 Å². The summed E-state index contributed by atoms with van der Waals surface area (Å²) in [7, 11) is 4.12. The monoisotopic (exact) mass is 487 g/mol. The second-order valence-corrected chi connectivity index (χ2v) is 9.85. The number of hydroxylamine groups is 2. The van der Waals surface area contributed by atoms with Crippen molar-refractivity contribution in [3.05, 3.63) is 77.6 Å². The molecule has 7 nitrogen and oxygen atoms in total. The van der Waals surface area contributed by atoms with Crippen molar-refractivity contribution in [2.24, 2.45) is 5.41 Å². The van der Waals surface area contributed by atoms with Crippen LogP contribution in [-0.2, 0) is 28.6 Å². The molecule has 0 amide bonds. The molecular weight excluding hydrogens is 458 g/mol. The van der Waals surface area contributed by atoms with E-state index in [1.807, 2.05) is 50.3 Å². The summed E-state index contributed by atoms with van der Waals surface area (Å²) in [5.41, 5.74) is -0.433. The third-order valence-electron chi connectivity index (χ3n) is 7.17. The molecule has 2 aliphatic heterocycles. The number of carbonyl (C=O) groups is 2. The van der Waals surface area contributed by atoms with E-state index in [9.17, 15) is 9.59 Å². The van der Waals surface area contributed by atoms with Gasteiger partial charge in [0.1, 0.15) is 17.3 Å². The van der Waals surface area contributed by atoms with Crippen LogP contribution in [0.1, 0.15) is 25.8 Å². The van der Waals surface area contributed by atoms with Crippen molar-refractivity contribution in [2.45, 2.75) is 32.0 Å². The highest BCUT2D eigenvalue weighted by Gasteiger charge is 2.65. The van der Waals surface area contributed by atoms with E-state index in [4.69, 9.17) is 19.0 Å². The van der Waals surface area contributed by atoms with Crippen LogP contribution < -0.4 is 0 Å². The first-order valence-corrected chi connectivity index (χ1v) is 11.8. The van der Waals surface area contributed by atoms with Crippen molar-refractivity contribution in [3.63, 3.8) is 0 Å². The number of nitrogens with zero attached hydrogens (tertiary/aromatic N) is 1. The summed E-state index contributed by atoms with van der Waals surface area (Å²) in [6, 6.07) is 18.6. The summed E-state index contributed by atoms with van der Waals surface area (Å²) in [4.78, 5) is 31.8. The number of hydrogen-bond acceptors (Lipinski definition) is 7. The minimum atomic E-state index is -1.10. The summed E-state index contributed by atoms with van der Waals surface area (Å²) in [6.07, 6.45) is 3.83. The van der Waals surface area contributed by atoms with E-state index in [1.165, 1.54) is 19.6 Å². The molecule has 1 saturated heterocycles. The molecule has 0 radical (unpaired) electrons. The Morgan fingerprint density at radius 3 is 2.25 bits per heavy atom. The number of carbonyl (C=O) groups excluding carboxylic acids is 2. The van der Waals surface area contributed by atoms with Gasteiger partial charge in [-0.3, -0.25) is 0 Å². The van der Waals surface area contributed by atoms with Gasteiger partial charge in [0.05, 0.1) is 14.2 Å². The third kappa shape index (κ3) is 3.50. The van der Waals surface area contributed by atoms with E-state index in [1.54, 1.807) is 12.2 Å². The van der Waals surface area contributed by atoms with Gasteiger partial charge in [0.2, 0.25) is 5.76 Å². The highest BCUT2D eigenvalue weighted by molar-refractivity contribution is 6.11. The maximum Gasteiger partial charge on any atom is 0.376 e. The zero-order valence-electron chi connectivity index (χ0n) is 21.0. The van der Waals surface area contributed by atoms with E-state index < -0.39 is 29.1 Å². The molecule has 0 aliphatic carbocycles. The predicted octanol–water partition coefficient (Wildman–Crippen LogP) is 4.99. The normalized spacial score (nSPS) is 23.3. The average Bonchev–Trinajstić information content (AvgIpc) is 3.31. The Labute approximate surface area is 209 Å². The molecule has 0 aromatic heterocycles. The first-order chi connectivity index (χ1) is 17.3. The Morgan fingerprint density at radius 2 is 1.58 bits per heavy atom. The topological polar surface area (TPSA) is 74.3 Å². The Hall–Kier alpha value is -3.68. The van der Waals surface area contributed by atoms with Crippen molar-refractivity contribution < 1.29 is 28.6 Å². The zero-order chi connectivity index (χ0) is 25.7. The maximum atomic E-state index is 13.1. The number of hydrogen-bond donors (Lipinski definition) is 0. The first-order valence-electron chi connectivity index (χ1n) is 11.8. The van der Waals surface area contributed by atoms with E-state index in [0.717, 1.165) is 21.7 Å². The average molecular weight is 488 g/mol. The molecule has 0 saturated carbocycles. The minimum Gasteiger partial charge on any atom is -0.465 e. The summed E-state index contributed by atoms with van der Waals surface area (Å²) in [6.45, 7) is 4.08. The summed E-state index contributed by atoms with van der Waals surface area (Å²) in [5, 5.41) is 6.07. The second-order valence-electron chi connectivity index (χ2n) is 9.85. The molecule has 0 N–H and O–H groups in total. The first kappa shape index (κ1) is 24.0. The van der Waals surface area contributed by atoms with Crippen LogP contribution in [0.2, 0.25) is 0 Å². The molecule has 186 valence electrons. The zero-order valence-corrected chi connectivity index (χ0v) is 21.0. The molecule has 5 rings (SSSR count). The molecule has 0 spiro atoms. The van der Waals surface area contributed by atoms with Crippen LogP contribution >= 0.6 is 0 Å². The molecule has 7 heteroatoms. The summed E-state index contributed by atoms with van der Waals surface area (Å²) >= 11 is 0. The lowest BCUT2D eigenvalue weighted by Crippen LogP contribution is -2.45. The molecule has 0 unspecified atom stereocenters. The fourth-order valence-electron chi connectivity index (χ4n) is 5.74. The molecule has 2 heterocycles. The molecular formula is C29H29NO6. The van der Waals surface area contributed by atoms with Gasteiger partial charge in [-0.2, -0.15) is 0 Å². The number of benzene rings is 3. The second kappa shape index (κ2) is 8.76. The molecule has 2 atom stereocenters. The number of fused-ring (bicyclic) bond motifs is 4. The van der Waals surface area contributed by atoms with Gasteiger partial charge < -0.3 is 19.0 Å². The van der Waals surface area contributed by atoms with Gasteiger partial charge >= 0.3 is 11.9 Å². The summed E-state index contributed by atoms with van der Waals surface area (Å²) < 4.78 is 15.9. The van der Waals surface area contributed by atoms with E-state index in [-0.39, 0.29) is 11.3 Å². The molecule has 2 aliphatic rings. The van der Waals surface area contributed by atoms with Crippen LogP contribution in [0.25, 0.3) is 27.6 Å². The Kier molecular flexibility index (Phi) is 5.85. The van der Waals surface area contributed by atoms with Gasteiger partial charge in [0, 0.05) is 12.5 Å². The highest BCUT2D eigenvalue weighted by Crippen LogP contribution is 2.55. The third-order valence-corrected chi connectivity index (χ3v) is 7.17. The lowest BCUT2D eigenvalue weighted by molar-refractivity contribution is -0.231. The Morgan fingerprint density at radius 1 is 0.944 bits per heavy atom. The molecule has 36 heavy (non-hydrogen) atoms. The van der Waals surface area contributed by atoms with Crippen LogP contribution in [0, 0.1) is 5.41 Å². The van der Waals surface area contributed by atoms with Crippen molar-refractivity contribution in [1.29, 1.82) is 0 Å². The maximum absolute atomic E-state index is 13.1. The van der Waals surface area contributed by atoms with Crippen LogP contribution in [0.3, 0.4) is 0 Å². The molecule has 1 fully saturated rings. The van der Waals surface area contributed by atoms with Crippen LogP contribution in [0.15, 0.2) is 72.0 Å². The lowest BCUT2D eigenvalue weighted by Gasteiger charge is -2.31. The van der Waals surface area contributed by atoms with Gasteiger partial charge in [-0.15, -0.1) is 0 Å². The number of ether oxygens (including phenoxy) is 3. The van der Waals surface area contributed by atoms with Gasteiger partial charge in [-0.05, 0) is 39.6 Å². The fourth-order valence-corrected chi connectivity index (χ4v) is 5.74. The summed E-state index contributed by atoms with van der Waals surface area (Å²) in [5.74, 6) is -1.59. The highest BCUT2D eigenvalue weighted by atomic mass is 16.7. The van der Waals surface area contributed by atoms with Crippen molar-refractivity contribution in [1.82, 2.24) is 5.06 Å². The smallest absolute Gasteiger partial charge is 0.376 e. The van der Waals surface area contributed by atoms with Crippen molar-refractivity contribution >= 4 is 39.6 Å². The van der Waals surface area contributed by atoms with Gasteiger partial charge in [0.25, 0.3) is 0 Å². The molecule has 3 aromatic carbocycles.